The minimum Gasteiger partial charge on any atom is -0.299 e. The highest BCUT2D eigenvalue weighted by Gasteiger charge is 2.32. The Morgan fingerprint density at radius 2 is 2.15 bits per heavy atom. The van der Waals surface area contributed by atoms with Gasteiger partial charge in [0.1, 0.15) is 11.9 Å². The number of anilines is 2. The topological polar surface area (TPSA) is 92.3 Å². The van der Waals surface area contributed by atoms with Gasteiger partial charge in [-0.1, -0.05) is 41.6 Å². The molecule has 1 N–H and O–H groups in total. The standard InChI is InChI=1S/C14H16ClFN4O3S3/c1-4-11(12(21)17-13-18-19-14(24-2)25-13)20(26(3,22)23)8-5-6-10(16)9(15)7-8/h5-7,11H,4H2,1-3H3,(H,17,18,21)/t11-/m1/s1. The minimum absolute atomic E-state index is 0.1000. The molecule has 0 fully saturated rings. The van der Waals surface area contributed by atoms with Crippen molar-refractivity contribution in [3.8, 4) is 0 Å². The van der Waals surface area contributed by atoms with E-state index in [1.54, 1.807) is 6.92 Å². The fourth-order valence-electron chi connectivity index (χ4n) is 2.21. The van der Waals surface area contributed by atoms with E-state index in [1.165, 1.54) is 35.2 Å². The Kier molecular flexibility index (Phi) is 6.83. The molecule has 1 amide bonds. The largest absolute Gasteiger partial charge is 0.299 e. The SMILES string of the molecule is CC[C@H](C(=O)Nc1nnc(SC)s1)N(c1ccc(F)c(Cl)c1)S(C)(=O)=O. The molecule has 0 aliphatic heterocycles. The zero-order chi connectivity index (χ0) is 19.5. The summed E-state index contributed by atoms with van der Waals surface area (Å²) in [7, 11) is -3.84. The maximum atomic E-state index is 13.4. The van der Waals surface area contributed by atoms with Crippen molar-refractivity contribution in [2.75, 3.05) is 22.1 Å². The summed E-state index contributed by atoms with van der Waals surface area (Å²) in [5.41, 5.74) is 0.1000. The maximum Gasteiger partial charge on any atom is 0.250 e. The first-order chi connectivity index (χ1) is 12.2. The summed E-state index contributed by atoms with van der Waals surface area (Å²) in [6.45, 7) is 1.67. The maximum absolute atomic E-state index is 13.4. The third-order valence-corrected chi connectivity index (χ3v) is 6.58. The van der Waals surface area contributed by atoms with Crippen molar-refractivity contribution in [1.29, 1.82) is 0 Å². The number of rotatable bonds is 7. The van der Waals surface area contributed by atoms with Crippen LogP contribution >= 0.6 is 34.7 Å². The number of sulfonamides is 1. The van der Waals surface area contributed by atoms with Crippen LogP contribution in [-0.4, -0.2) is 43.1 Å². The van der Waals surface area contributed by atoms with E-state index in [1.807, 2.05) is 6.26 Å². The average Bonchev–Trinajstić information content (AvgIpc) is 3.01. The number of hydrogen-bond donors (Lipinski definition) is 1. The van der Waals surface area contributed by atoms with E-state index in [2.05, 4.69) is 15.5 Å². The number of hydrogen-bond acceptors (Lipinski definition) is 7. The van der Waals surface area contributed by atoms with Crippen LogP contribution in [0.3, 0.4) is 0 Å². The molecule has 26 heavy (non-hydrogen) atoms. The summed E-state index contributed by atoms with van der Waals surface area (Å²) in [5.74, 6) is -1.25. The van der Waals surface area contributed by atoms with Gasteiger partial charge in [0.05, 0.1) is 17.0 Å². The Labute approximate surface area is 164 Å². The van der Waals surface area contributed by atoms with E-state index < -0.39 is 27.8 Å². The molecule has 1 aromatic heterocycles. The van der Waals surface area contributed by atoms with Crippen LogP contribution in [0.5, 0.6) is 0 Å². The lowest BCUT2D eigenvalue weighted by molar-refractivity contribution is -0.117. The first-order valence-electron chi connectivity index (χ1n) is 7.30. The second-order valence-electron chi connectivity index (χ2n) is 5.15. The number of carbonyl (C=O) groups is 1. The Balaban J connectivity index is 2.37. The highest BCUT2D eigenvalue weighted by molar-refractivity contribution is 8.00. The van der Waals surface area contributed by atoms with Crippen LogP contribution in [0.25, 0.3) is 0 Å². The molecule has 0 saturated carbocycles. The Morgan fingerprint density at radius 1 is 1.46 bits per heavy atom. The lowest BCUT2D eigenvalue weighted by Gasteiger charge is -2.29. The first-order valence-corrected chi connectivity index (χ1v) is 11.6. The van der Waals surface area contributed by atoms with Crippen LogP contribution in [0.2, 0.25) is 5.02 Å². The van der Waals surface area contributed by atoms with Gasteiger partial charge in [0.25, 0.3) is 0 Å². The fraction of sp³-hybridized carbons (Fsp3) is 0.357. The molecule has 12 heteroatoms. The number of nitrogens with zero attached hydrogens (tertiary/aromatic N) is 3. The van der Waals surface area contributed by atoms with Crippen LogP contribution in [0.15, 0.2) is 22.5 Å². The number of thioether (sulfide) groups is 1. The highest BCUT2D eigenvalue weighted by Crippen LogP contribution is 2.28. The fourth-order valence-corrected chi connectivity index (χ4v) is 4.77. The van der Waals surface area contributed by atoms with Gasteiger partial charge in [-0.2, -0.15) is 0 Å². The number of amides is 1. The van der Waals surface area contributed by atoms with Crippen molar-refractivity contribution in [1.82, 2.24) is 10.2 Å². The number of benzene rings is 1. The molecule has 0 radical (unpaired) electrons. The number of carbonyl (C=O) groups excluding carboxylic acids is 1. The molecular formula is C14H16ClFN4O3S3. The van der Waals surface area contributed by atoms with E-state index in [4.69, 9.17) is 11.6 Å². The summed E-state index contributed by atoms with van der Waals surface area (Å²) >= 11 is 8.32. The van der Waals surface area contributed by atoms with Gasteiger partial charge in [0.15, 0.2) is 4.34 Å². The monoisotopic (exact) mass is 438 g/mol. The molecule has 0 aliphatic rings. The van der Waals surface area contributed by atoms with Crippen molar-refractivity contribution < 1.29 is 17.6 Å². The van der Waals surface area contributed by atoms with Crippen LogP contribution in [-0.2, 0) is 14.8 Å². The van der Waals surface area contributed by atoms with Crippen molar-refractivity contribution in [3.05, 3.63) is 29.0 Å². The van der Waals surface area contributed by atoms with E-state index in [0.717, 1.165) is 16.6 Å². The highest BCUT2D eigenvalue weighted by atomic mass is 35.5. The molecular weight excluding hydrogens is 423 g/mol. The second kappa shape index (κ2) is 8.51. The van der Waals surface area contributed by atoms with Crippen LogP contribution in [0, 0.1) is 5.82 Å². The van der Waals surface area contributed by atoms with Crippen molar-refractivity contribution in [2.24, 2.45) is 0 Å². The lowest BCUT2D eigenvalue weighted by Crippen LogP contribution is -2.47. The number of aromatic nitrogens is 2. The molecule has 1 aromatic carbocycles. The second-order valence-corrected chi connectivity index (χ2v) is 9.45. The summed E-state index contributed by atoms with van der Waals surface area (Å²) in [5, 5.41) is 10.3. The average molecular weight is 439 g/mol. The molecule has 0 aliphatic carbocycles. The van der Waals surface area contributed by atoms with Gasteiger partial charge in [0, 0.05) is 0 Å². The van der Waals surface area contributed by atoms with Crippen molar-refractivity contribution in [2.45, 2.75) is 23.7 Å². The van der Waals surface area contributed by atoms with E-state index in [-0.39, 0.29) is 22.3 Å². The van der Waals surface area contributed by atoms with E-state index in [0.29, 0.717) is 4.34 Å². The van der Waals surface area contributed by atoms with Gasteiger partial charge in [-0.3, -0.25) is 14.4 Å². The van der Waals surface area contributed by atoms with Crippen LogP contribution < -0.4 is 9.62 Å². The Bertz CT molecular complexity index is 907. The molecule has 2 rings (SSSR count). The van der Waals surface area contributed by atoms with Gasteiger partial charge in [-0.25, -0.2) is 12.8 Å². The Hall–Kier alpha value is -1.43. The van der Waals surface area contributed by atoms with Crippen molar-refractivity contribution in [3.63, 3.8) is 0 Å². The molecule has 142 valence electrons. The van der Waals surface area contributed by atoms with Gasteiger partial charge < -0.3 is 0 Å². The van der Waals surface area contributed by atoms with Gasteiger partial charge in [0.2, 0.25) is 21.1 Å². The zero-order valence-corrected chi connectivity index (χ0v) is 17.3. The summed E-state index contributed by atoms with van der Waals surface area (Å²) in [6.07, 6.45) is 2.98. The van der Waals surface area contributed by atoms with Crippen LogP contribution in [0.4, 0.5) is 15.2 Å². The molecule has 1 heterocycles. The summed E-state index contributed by atoms with van der Waals surface area (Å²) in [4.78, 5) is 12.7. The molecule has 0 bridgehead atoms. The lowest BCUT2D eigenvalue weighted by atomic mass is 10.2. The smallest absolute Gasteiger partial charge is 0.250 e. The van der Waals surface area contributed by atoms with E-state index >= 15 is 0 Å². The molecule has 7 nitrogen and oxygen atoms in total. The van der Waals surface area contributed by atoms with E-state index in [9.17, 15) is 17.6 Å². The predicted octanol–water partition coefficient (Wildman–Crippen LogP) is 3.24. The normalized spacial score (nSPS) is 12.7. The predicted molar refractivity (Wildman–Crippen MR) is 103 cm³/mol. The quantitative estimate of drug-likeness (QED) is 0.527. The van der Waals surface area contributed by atoms with Gasteiger partial charge in [-0.15, -0.1) is 10.2 Å². The van der Waals surface area contributed by atoms with Gasteiger partial charge in [-0.05, 0) is 30.9 Å². The molecule has 0 unspecified atom stereocenters. The van der Waals surface area contributed by atoms with Crippen molar-refractivity contribution >= 4 is 61.4 Å². The van der Waals surface area contributed by atoms with Crippen LogP contribution in [0.1, 0.15) is 13.3 Å². The third kappa shape index (κ3) is 4.84. The molecule has 0 spiro atoms. The first kappa shape index (κ1) is 20.9. The summed E-state index contributed by atoms with van der Waals surface area (Å²) < 4.78 is 39.6. The molecule has 1 atom stereocenters. The Morgan fingerprint density at radius 3 is 2.65 bits per heavy atom. The van der Waals surface area contributed by atoms with Gasteiger partial charge >= 0.3 is 0 Å². The third-order valence-electron chi connectivity index (χ3n) is 3.30. The summed E-state index contributed by atoms with van der Waals surface area (Å²) in [6, 6.07) is 2.42. The number of nitrogens with one attached hydrogen (secondary N) is 1. The zero-order valence-electron chi connectivity index (χ0n) is 14.1. The minimum atomic E-state index is -3.84. The number of halogens is 2. The molecule has 2 aromatic rings. The molecule has 0 saturated heterocycles.